The molecular formula is C25H18Cl2N2O3S2. The summed E-state index contributed by atoms with van der Waals surface area (Å²) in [5.41, 5.74) is 1.53. The van der Waals surface area contributed by atoms with Crippen molar-refractivity contribution in [1.29, 1.82) is 0 Å². The molecule has 3 heterocycles. The molecule has 0 spiro atoms. The number of anilines is 1. The molecule has 4 aliphatic rings. The Balaban J connectivity index is 1.36. The van der Waals surface area contributed by atoms with Crippen LogP contribution in [-0.4, -0.2) is 22.0 Å². The molecule has 5 nitrogen and oxygen atoms in total. The summed E-state index contributed by atoms with van der Waals surface area (Å²) in [6, 6.07) is 14.8. The summed E-state index contributed by atoms with van der Waals surface area (Å²) in [6.07, 6.45) is 0.839. The van der Waals surface area contributed by atoms with Crippen molar-refractivity contribution >= 4 is 63.8 Å². The molecule has 0 radical (unpaired) electrons. The van der Waals surface area contributed by atoms with Crippen molar-refractivity contribution in [3.8, 4) is 0 Å². The van der Waals surface area contributed by atoms with Crippen LogP contribution in [0.4, 0.5) is 5.69 Å². The number of nitrogens with one attached hydrogen (secondary N) is 1. The van der Waals surface area contributed by atoms with Gasteiger partial charge in [-0.1, -0.05) is 64.9 Å². The smallest absolute Gasteiger partial charge is 0.305 e. The molecule has 2 aromatic carbocycles. The van der Waals surface area contributed by atoms with E-state index in [1.54, 1.807) is 17.8 Å². The summed E-state index contributed by atoms with van der Waals surface area (Å²) in [4.78, 5) is 44.9. The Morgan fingerprint density at radius 2 is 1.65 bits per heavy atom. The minimum Gasteiger partial charge on any atom is -0.307 e. The first-order valence-corrected chi connectivity index (χ1v) is 13.7. The van der Waals surface area contributed by atoms with Crippen molar-refractivity contribution < 1.29 is 9.59 Å². The number of amides is 2. The van der Waals surface area contributed by atoms with E-state index in [9.17, 15) is 14.4 Å². The molecule has 172 valence electrons. The van der Waals surface area contributed by atoms with E-state index in [-0.39, 0.29) is 57.4 Å². The highest BCUT2D eigenvalue weighted by Gasteiger charge is 2.69. The summed E-state index contributed by atoms with van der Waals surface area (Å²) in [6.45, 7) is 0. The third kappa shape index (κ3) is 2.72. The van der Waals surface area contributed by atoms with Gasteiger partial charge in [-0.25, -0.2) is 0 Å². The predicted octanol–water partition coefficient (Wildman–Crippen LogP) is 5.42. The van der Waals surface area contributed by atoms with E-state index in [0.29, 0.717) is 15.7 Å². The number of H-pyrrole nitrogens is 1. The van der Waals surface area contributed by atoms with Crippen LogP contribution in [0.15, 0.2) is 58.4 Å². The maximum Gasteiger partial charge on any atom is 0.305 e. The second-order valence-corrected chi connectivity index (χ2v) is 12.4. The number of aromatic amines is 1. The molecule has 7 rings (SSSR count). The first kappa shape index (κ1) is 21.2. The van der Waals surface area contributed by atoms with Crippen LogP contribution in [0.25, 0.3) is 0 Å². The Morgan fingerprint density at radius 1 is 0.912 bits per heavy atom. The van der Waals surface area contributed by atoms with E-state index in [0.717, 1.165) is 21.9 Å². The molecule has 2 saturated carbocycles. The lowest BCUT2D eigenvalue weighted by molar-refractivity contribution is -0.123. The fourth-order valence-electron chi connectivity index (χ4n) is 6.96. The number of benzene rings is 2. The molecule has 3 fully saturated rings. The zero-order valence-corrected chi connectivity index (χ0v) is 20.8. The van der Waals surface area contributed by atoms with Crippen LogP contribution in [0.1, 0.15) is 22.8 Å². The van der Waals surface area contributed by atoms with E-state index in [1.165, 1.54) is 16.2 Å². The Bertz CT molecular complexity index is 1420. The van der Waals surface area contributed by atoms with Gasteiger partial charge in [0.25, 0.3) is 0 Å². The van der Waals surface area contributed by atoms with Crippen molar-refractivity contribution in [2.24, 2.45) is 29.6 Å². The largest absolute Gasteiger partial charge is 0.307 e. The molecule has 2 bridgehead atoms. The number of aromatic nitrogens is 1. The third-order valence-corrected chi connectivity index (χ3v) is 11.5. The topological polar surface area (TPSA) is 70.2 Å². The number of rotatable bonds is 2. The van der Waals surface area contributed by atoms with Gasteiger partial charge >= 0.3 is 4.87 Å². The summed E-state index contributed by atoms with van der Waals surface area (Å²) < 4.78 is 0. The van der Waals surface area contributed by atoms with E-state index in [4.69, 9.17) is 23.2 Å². The number of hydrogen-bond donors (Lipinski definition) is 1. The van der Waals surface area contributed by atoms with E-state index >= 15 is 0 Å². The molecule has 1 saturated heterocycles. The lowest BCUT2D eigenvalue weighted by atomic mass is 9.68. The van der Waals surface area contributed by atoms with Gasteiger partial charge in [-0.15, -0.1) is 11.8 Å². The maximum absolute atomic E-state index is 13.7. The first-order valence-electron chi connectivity index (χ1n) is 11.2. The van der Waals surface area contributed by atoms with E-state index < -0.39 is 0 Å². The van der Waals surface area contributed by atoms with Gasteiger partial charge in [0.15, 0.2) is 0 Å². The summed E-state index contributed by atoms with van der Waals surface area (Å²) in [5.74, 6) is -0.753. The molecule has 2 amide bonds. The number of fused-ring (bicyclic) bond motifs is 9. The fourth-order valence-corrected chi connectivity index (χ4v) is 10.3. The highest BCUT2D eigenvalue weighted by Crippen LogP contribution is 2.69. The van der Waals surface area contributed by atoms with Gasteiger partial charge in [0.2, 0.25) is 11.8 Å². The second kappa shape index (κ2) is 7.47. The molecule has 2 aliphatic heterocycles. The molecule has 1 aromatic heterocycles. The van der Waals surface area contributed by atoms with Crippen molar-refractivity contribution in [3.63, 3.8) is 0 Å². The third-order valence-electron chi connectivity index (χ3n) is 8.05. The molecular weight excluding hydrogens is 511 g/mol. The predicted molar refractivity (Wildman–Crippen MR) is 134 cm³/mol. The van der Waals surface area contributed by atoms with Gasteiger partial charge in [0.05, 0.1) is 32.6 Å². The van der Waals surface area contributed by atoms with Crippen molar-refractivity contribution in [2.75, 3.05) is 4.90 Å². The Hall–Kier alpha value is -2.06. The van der Waals surface area contributed by atoms with Crippen LogP contribution >= 0.6 is 46.3 Å². The minimum absolute atomic E-state index is 0.0445. The van der Waals surface area contributed by atoms with Crippen LogP contribution in [0, 0.1) is 29.6 Å². The van der Waals surface area contributed by atoms with E-state index in [1.807, 2.05) is 42.5 Å². The van der Waals surface area contributed by atoms with Gasteiger partial charge in [-0.2, -0.15) is 0 Å². The number of thioether (sulfide) groups is 1. The maximum atomic E-state index is 13.7. The number of halogens is 2. The molecule has 3 aromatic rings. The number of nitrogens with zero attached hydrogens (tertiary/aromatic N) is 1. The number of imide groups is 1. The minimum atomic E-state index is -0.336. The van der Waals surface area contributed by atoms with Gasteiger partial charge < -0.3 is 4.98 Å². The number of carbonyl (C=O) groups excluding carboxylic acids is 2. The lowest BCUT2D eigenvalue weighted by Gasteiger charge is -2.43. The van der Waals surface area contributed by atoms with Crippen molar-refractivity contribution in [3.05, 3.63) is 78.7 Å². The highest BCUT2D eigenvalue weighted by atomic mass is 35.5. The second-order valence-electron chi connectivity index (χ2n) is 9.45. The van der Waals surface area contributed by atoms with Gasteiger partial charge in [-0.3, -0.25) is 19.3 Å². The van der Waals surface area contributed by atoms with Crippen LogP contribution in [-0.2, 0) is 9.59 Å². The molecule has 5 unspecified atom stereocenters. The lowest BCUT2D eigenvalue weighted by Crippen LogP contribution is -2.42. The average Bonchev–Trinajstić information content (AvgIpc) is 3.55. The van der Waals surface area contributed by atoms with Crippen molar-refractivity contribution in [1.82, 2.24) is 4.98 Å². The average molecular weight is 529 g/mol. The van der Waals surface area contributed by atoms with Crippen LogP contribution < -0.4 is 9.77 Å². The Morgan fingerprint density at radius 3 is 2.41 bits per heavy atom. The summed E-state index contributed by atoms with van der Waals surface area (Å²) in [5, 5.41) is 1.95. The summed E-state index contributed by atoms with van der Waals surface area (Å²) >= 11 is 16.0. The highest BCUT2D eigenvalue weighted by molar-refractivity contribution is 8.00. The van der Waals surface area contributed by atoms with Gasteiger partial charge in [-0.05, 0) is 47.9 Å². The van der Waals surface area contributed by atoms with E-state index in [2.05, 4.69) is 4.98 Å². The number of carbonyl (C=O) groups is 2. The SMILES string of the molecule is O=C1C2C(C(=O)N1c1ccccc1)[C@@H]1C[C@H]2C2Sc3[nH]c(=O)sc3C(c3cccc(Cl)c3Cl)C21. The standard InChI is InChI=1S/C25H18Cl2N2O3S2/c26-14-8-4-7-11(19(14)27)15-16-12-9-13(20(16)33-22-21(15)34-25(32)28-22)18-17(12)23(30)29(24(18)31)10-5-2-1-3-6-10/h1-8,12-13,15-18,20H,9H2,(H,28,32)/t12-,13-,15?,16?,17?,18?,20?/m1/s1. The molecule has 34 heavy (non-hydrogen) atoms. The number of hydrogen-bond acceptors (Lipinski definition) is 5. The molecule has 1 N–H and O–H groups in total. The van der Waals surface area contributed by atoms with Crippen LogP contribution in [0.5, 0.6) is 0 Å². The quantitative estimate of drug-likeness (QED) is 0.450. The normalized spacial score (nSPS) is 33.2. The van der Waals surface area contributed by atoms with Gasteiger partial charge in [0.1, 0.15) is 0 Å². The molecule has 9 heteroatoms. The van der Waals surface area contributed by atoms with Crippen molar-refractivity contribution in [2.45, 2.75) is 22.6 Å². The molecule has 2 aliphatic carbocycles. The molecule has 7 atom stereocenters. The Labute approximate surface area is 213 Å². The number of thiazole rings is 1. The summed E-state index contributed by atoms with van der Waals surface area (Å²) in [7, 11) is 0. The monoisotopic (exact) mass is 528 g/mol. The van der Waals surface area contributed by atoms with Crippen LogP contribution in [0.2, 0.25) is 10.0 Å². The first-order chi connectivity index (χ1) is 16.5. The number of para-hydroxylation sites is 1. The zero-order valence-electron chi connectivity index (χ0n) is 17.6. The fraction of sp³-hybridized carbons (Fsp3) is 0.320. The van der Waals surface area contributed by atoms with Crippen LogP contribution in [0.3, 0.4) is 0 Å². The zero-order chi connectivity index (χ0) is 23.3. The van der Waals surface area contributed by atoms with Gasteiger partial charge in [0, 0.05) is 16.0 Å². The Kier molecular flexibility index (Phi) is 4.67.